The van der Waals surface area contributed by atoms with Gasteiger partial charge in [-0.15, -0.1) is 0 Å². The van der Waals surface area contributed by atoms with Gasteiger partial charge < -0.3 is 24.8 Å². The summed E-state index contributed by atoms with van der Waals surface area (Å²) in [5.74, 6) is -0.761. The van der Waals surface area contributed by atoms with Crippen LogP contribution in [0.2, 0.25) is 0 Å². The highest BCUT2D eigenvalue weighted by atomic mass is 16.5. The number of rotatable bonds is 7. The number of carboxylic acid groups (broad SMARTS) is 1. The highest BCUT2D eigenvalue weighted by molar-refractivity contribution is 5.85. The SMILES string of the molecule is COc1ccc2c(c1)CC(C(=O)N(CCNC(C)=O)C(C)C(=O)O)CO2. The number of hydrogen-bond donors (Lipinski definition) is 2. The second-order valence-corrected chi connectivity index (χ2v) is 6.21. The molecule has 1 aromatic carbocycles. The van der Waals surface area contributed by atoms with E-state index < -0.39 is 17.9 Å². The molecule has 1 aliphatic heterocycles. The number of aliphatic carboxylic acids is 1. The van der Waals surface area contributed by atoms with Crippen molar-refractivity contribution < 1.29 is 29.0 Å². The number of fused-ring (bicyclic) bond motifs is 1. The molecule has 2 rings (SSSR count). The molecule has 2 N–H and O–H groups in total. The molecule has 0 saturated heterocycles. The molecule has 1 aromatic rings. The lowest BCUT2D eigenvalue weighted by atomic mass is 9.94. The molecule has 142 valence electrons. The first-order valence-electron chi connectivity index (χ1n) is 8.41. The molecule has 2 atom stereocenters. The molecular weight excluding hydrogens is 340 g/mol. The van der Waals surface area contributed by atoms with E-state index >= 15 is 0 Å². The number of nitrogens with one attached hydrogen (secondary N) is 1. The monoisotopic (exact) mass is 364 g/mol. The molecule has 0 saturated carbocycles. The van der Waals surface area contributed by atoms with Crippen molar-refractivity contribution in [2.24, 2.45) is 5.92 Å². The average Bonchev–Trinajstić information content (AvgIpc) is 2.62. The van der Waals surface area contributed by atoms with Gasteiger partial charge in [0.2, 0.25) is 11.8 Å². The predicted molar refractivity (Wildman–Crippen MR) is 93.2 cm³/mol. The van der Waals surface area contributed by atoms with Crippen LogP contribution in [0, 0.1) is 5.92 Å². The Bertz CT molecular complexity index is 690. The van der Waals surface area contributed by atoms with Crippen LogP contribution in [0.15, 0.2) is 18.2 Å². The van der Waals surface area contributed by atoms with Gasteiger partial charge in [0, 0.05) is 20.0 Å². The molecule has 2 amide bonds. The first-order chi connectivity index (χ1) is 12.3. The predicted octanol–water partition coefficient (Wildman–Crippen LogP) is 0.684. The molecule has 26 heavy (non-hydrogen) atoms. The molecule has 0 aromatic heterocycles. The number of ether oxygens (including phenoxy) is 2. The zero-order chi connectivity index (χ0) is 19.3. The van der Waals surface area contributed by atoms with Crippen molar-refractivity contribution in [3.63, 3.8) is 0 Å². The molecule has 1 heterocycles. The van der Waals surface area contributed by atoms with Crippen molar-refractivity contribution in [1.29, 1.82) is 0 Å². The lowest BCUT2D eigenvalue weighted by Gasteiger charge is -2.32. The minimum atomic E-state index is -1.10. The van der Waals surface area contributed by atoms with Crippen LogP contribution in [-0.2, 0) is 20.8 Å². The molecule has 8 nitrogen and oxygen atoms in total. The highest BCUT2D eigenvalue weighted by Crippen LogP contribution is 2.31. The van der Waals surface area contributed by atoms with Gasteiger partial charge in [-0.1, -0.05) is 0 Å². The molecule has 0 spiro atoms. The van der Waals surface area contributed by atoms with Crippen LogP contribution in [0.5, 0.6) is 11.5 Å². The zero-order valence-electron chi connectivity index (χ0n) is 15.2. The van der Waals surface area contributed by atoms with E-state index in [1.165, 1.54) is 18.7 Å². The molecule has 2 unspecified atom stereocenters. The van der Waals surface area contributed by atoms with Gasteiger partial charge in [-0.3, -0.25) is 9.59 Å². The molecule has 0 aliphatic carbocycles. The number of hydrogen-bond acceptors (Lipinski definition) is 5. The standard InChI is InChI=1S/C18H24N2O6/c1-11(18(23)24)20(7-6-19-12(2)21)17(22)14-8-13-9-15(25-3)4-5-16(13)26-10-14/h4-5,9,11,14H,6-8,10H2,1-3H3,(H,19,21)(H,23,24). The fourth-order valence-corrected chi connectivity index (χ4v) is 2.87. The Morgan fingerprint density at radius 2 is 2.15 bits per heavy atom. The summed E-state index contributed by atoms with van der Waals surface area (Å²) in [6.45, 7) is 3.31. The maximum atomic E-state index is 12.9. The Morgan fingerprint density at radius 3 is 2.77 bits per heavy atom. The normalized spacial score (nSPS) is 16.7. The summed E-state index contributed by atoms with van der Waals surface area (Å²) in [6.07, 6.45) is 0.439. The van der Waals surface area contributed by atoms with Gasteiger partial charge in [-0.25, -0.2) is 4.79 Å². The van der Waals surface area contributed by atoms with Gasteiger partial charge in [0.15, 0.2) is 0 Å². The van der Waals surface area contributed by atoms with Crippen LogP contribution in [-0.4, -0.2) is 60.6 Å². The van der Waals surface area contributed by atoms with E-state index in [1.807, 2.05) is 6.07 Å². The van der Waals surface area contributed by atoms with Gasteiger partial charge >= 0.3 is 5.97 Å². The summed E-state index contributed by atoms with van der Waals surface area (Å²) in [4.78, 5) is 36.6. The number of carboxylic acids is 1. The number of nitrogens with zero attached hydrogens (tertiary/aromatic N) is 1. The minimum Gasteiger partial charge on any atom is -0.497 e. The van der Waals surface area contributed by atoms with E-state index in [2.05, 4.69) is 5.32 Å². The molecular formula is C18H24N2O6. The quantitative estimate of drug-likeness (QED) is 0.737. The largest absolute Gasteiger partial charge is 0.497 e. The van der Waals surface area contributed by atoms with Gasteiger partial charge in [0.05, 0.1) is 13.0 Å². The van der Waals surface area contributed by atoms with Crippen LogP contribution >= 0.6 is 0 Å². The minimum absolute atomic E-state index is 0.118. The van der Waals surface area contributed by atoms with Gasteiger partial charge in [-0.2, -0.15) is 0 Å². The second kappa shape index (κ2) is 8.55. The Morgan fingerprint density at radius 1 is 1.42 bits per heavy atom. The second-order valence-electron chi connectivity index (χ2n) is 6.21. The summed E-state index contributed by atoms with van der Waals surface area (Å²) in [7, 11) is 1.56. The van der Waals surface area contributed by atoms with E-state index in [-0.39, 0.29) is 31.5 Å². The molecule has 0 bridgehead atoms. The van der Waals surface area contributed by atoms with Crippen molar-refractivity contribution in [3.05, 3.63) is 23.8 Å². The molecule has 8 heteroatoms. The zero-order valence-corrected chi connectivity index (χ0v) is 15.2. The maximum Gasteiger partial charge on any atom is 0.326 e. The Labute approximate surface area is 152 Å². The van der Waals surface area contributed by atoms with Crippen LogP contribution in [0.1, 0.15) is 19.4 Å². The fraction of sp³-hybridized carbons (Fsp3) is 0.500. The van der Waals surface area contributed by atoms with Crippen molar-refractivity contribution in [2.75, 3.05) is 26.8 Å². The average molecular weight is 364 g/mol. The van der Waals surface area contributed by atoms with Crippen molar-refractivity contribution in [2.45, 2.75) is 26.3 Å². The van der Waals surface area contributed by atoms with Crippen LogP contribution < -0.4 is 14.8 Å². The van der Waals surface area contributed by atoms with E-state index in [0.29, 0.717) is 17.9 Å². The summed E-state index contributed by atoms with van der Waals surface area (Å²) >= 11 is 0. The smallest absolute Gasteiger partial charge is 0.326 e. The van der Waals surface area contributed by atoms with Gasteiger partial charge in [-0.05, 0) is 37.1 Å². The topological polar surface area (TPSA) is 105 Å². The first-order valence-corrected chi connectivity index (χ1v) is 8.41. The molecule has 0 fully saturated rings. The van der Waals surface area contributed by atoms with Gasteiger partial charge in [0.25, 0.3) is 0 Å². The maximum absolute atomic E-state index is 12.9. The Hall–Kier alpha value is -2.77. The lowest BCUT2D eigenvalue weighted by molar-refractivity contribution is -0.152. The Balaban J connectivity index is 2.13. The number of benzene rings is 1. The van der Waals surface area contributed by atoms with E-state index in [9.17, 15) is 19.5 Å². The van der Waals surface area contributed by atoms with Crippen LogP contribution in [0.3, 0.4) is 0 Å². The first kappa shape index (κ1) is 19.6. The van der Waals surface area contributed by atoms with Crippen molar-refractivity contribution in [1.82, 2.24) is 10.2 Å². The summed E-state index contributed by atoms with van der Waals surface area (Å²) < 4.78 is 10.9. The highest BCUT2D eigenvalue weighted by Gasteiger charge is 2.33. The Kier molecular flexibility index (Phi) is 6.43. The molecule has 0 radical (unpaired) electrons. The van der Waals surface area contributed by atoms with E-state index in [4.69, 9.17) is 9.47 Å². The third-order valence-corrected chi connectivity index (χ3v) is 4.36. The lowest BCUT2D eigenvalue weighted by Crippen LogP contribution is -2.50. The van der Waals surface area contributed by atoms with E-state index in [1.54, 1.807) is 19.2 Å². The van der Waals surface area contributed by atoms with Crippen molar-refractivity contribution >= 4 is 17.8 Å². The van der Waals surface area contributed by atoms with Gasteiger partial charge in [0.1, 0.15) is 24.1 Å². The third-order valence-electron chi connectivity index (χ3n) is 4.36. The number of carbonyl (C=O) groups excluding carboxylic acids is 2. The summed E-state index contributed by atoms with van der Waals surface area (Å²) in [6, 6.07) is 4.40. The van der Waals surface area contributed by atoms with Crippen LogP contribution in [0.25, 0.3) is 0 Å². The number of amides is 2. The summed E-state index contributed by atoms with van der Waals surface area (Å²) in [5, 5.41) is 11.9. The fourth-order valence-electron chi connectivity index (χ4n) is 2.87. The number of carbonyl (C=O) groups is 3. The summed E-state index contributed by atoms with van der Waals surface area (Å²) in [5.41, 5.74) is 0.846. The molecule has 1 aliphatic rings. The third kappa shape index (κ3) is 4.65. The van der Waals surface area contributed by atoms with Crippen LogP contribution in [0.4, 0.5) is 0 Å². The van der Waals surface area contributed by atoms with E-state index in [0.717, 1.165) is 5.56 Å². The number of methoxy groups -OCH3 is 1. The van der Waals surface area contributed by atoms with Crippen molar-refractivity contribution in [3.8, 4) is 11.5 Å².